The van der Waals surface area contributed by atoms with Gasteiger partial charge in [-0.1, -0.05) is 0 Å². The Hall–Kier alpha value is -0.960. The third-order valence-corrected chi connectivity index (χ3v) is 1.57. The normalized spacial score (nSPS) is 9.92. The molecular weight excluding hydrogens is 180 g/mol. The van der Waals surface area contributed by atoms with Crippen molar-refractivity contribution in [3.63, 3.8) is 0 Å². The lowest BCUT2D eigenvalue weighted by Gasteiger charge is -1.97. The van der Waals surface area contributed by atoms with E-state index in [9.17, 15) is 4.79 Å². The second-order valence-corrected chi connectivity index (χ2v) is 2.61. The molecule has 0 aromatic carbocycles. The molecule has 0 saturated carbocycles. The van der Waals surface area contributed by atoms with Crippen molar-refractivity contribution in [1.82, 2.24) is 0 Å². The van der Waals surface area contributed by atoms with Crippen molar-refractivity contribution in [2.75, 3.05) is 6.61 Å². The van der Waals surface area contributed by atoms with Crippen molar-refractivity contribution in [3.8, 4) is 0 Å². The Labute approximate surface area is 75.3 Å². The summed E-state index contributed by atoms with van der Waals surface area (Å²) in [5.41, 5.74) is 0.391. The molecule has 1 aromatic rings. The summed E-state index contributed by atoms with van der Waals surface area (Å²) in [6.07, 6.45) is 0. The van der Waals surface area contributed by atoms with Crippen LogP contribution in [0.4, 0.5) is 0 Å². The Morgan fingerprint density at radius 1 is 1.75 bits per heavy atom. The fourth-order valence-corrected chi connectivity index (χ4v) is 1.08. The quantitative estimate of drug-likeness (QED) is 0.670. The van der Waals surface area contributed by atoms with Gasteiger partial charge in [-0.05, 0) is 25.4 Å². The van der Waals surface area contributed by atoms with Crippen LogP contribution in [0.25, 0.3) is 0 Å². The maximum Gasteiger partial charge on any atom is 0.341 e. The van der Waals surface area contributed by atoms with Crippen LogP contribution >= 0.6 is 11.6 Å². The molecule has 0 fully saturated rings. The minimum Gasteiger partial charge on any atom is -0.462 e. The predicted molar refractivity (Wildman–Crippen MR) is 44.4 cm³/mol. The Morgan fingerprint density at radius 2 is 2.42 bits per heavy atom. The Kier molecular flexibility index (Phi) is 2.76. The maximum absolute atomic E-state index is 11.1. The summed E-state index contributed by atoms with van der Waals surface area (Å²) in [6.45, 7) is 3.76. The Bertz CT molecular complexity index is 290. The number of rotatable bonds is 2. The first-order chi connectivity index (χ1) is 5.65. The first-order valence-corrected chi connectivity index (χ1v) is 3.96. The highest BCUT2D eigenvalue weighted by Gasteiger charge is 2.14. The van der Waals surface area contributed by atoms with Gasteiger partial charge < -0.3 is 9.15 Å². The molecule has 0 aliphatic carbocycles. The van der Waals surface area contributed by atoms with Crippen LogP contribution in [-0.4, -0.2) is 12.6 Å². The number of ether oxygens (including phenoxy) is 1. The summed E-state index contributed by atoms with van der Waals surface area (Å²) >= 11 is 5.54. The smallest absolute Gasteiger partial charge is 0.341 e. The topological polar surface area (TPSA) is 39.4 Å². The second-order valence-electron chi connectivity index (χ2n) is 2.24. The van der Waals surface area contributed by atoms with Crippen LogP contribution < -0.4 is 0 Å². The average Bonchev–Trinajstić information content (AvgIpc) is 2.30. The summed E-state index contributed by atoms with van der Waals surface area (Å²) in [4.78, 5) is 11.1. The van der Waals surface area contributed by atoms with Gasteiger partial charge in [-0.15, -0.1) is 0 Å². The molecule has 66 valence electrons. The highest BCUT2D eigenvalue weighted by Crippen LogP contribution is 2.19. The molecule has 1 aromatic heterocycles. The zero-order valence-electron chi connectivity index (χ0n) is 6.89. The van der Waals surface area contributed by atoms with Gasteiger partial charge in [0.1, 0.15) is 11.3 Å². The lowest BCUT2D eigenvalue weighted by Crippen LogP contribution is -2.04. The van der Waals surface area contributed by atoms with Gasteiger partial charge in [0, 0.05) is 6.07 Å². The van der Waals surface area contributed by atoms with Gasteiger partial charge in [-0.3, -0.25) is 0 Å². The van der Waals surface area contributed by atoms with Crippen molar-refractivity contribution in [1.29, 1.82) is 0 Å². The number of furan rings is 1. The van der Waals surface area contributed by atoms with Crippen LogP contribution in [-0.2, 0) is 4.74 Å². The monoisotopic (exact) mass is 188 g/mol. The number of carbonyl (C=O) groups excluding carboxylic acids is 1. The first kappa shape index (κ1) is 9.13. The summed E-state index contributed by atoms with van der Waals surface area (Å²) in [7, 11) is 0. The van der Waals surface area contributed by atoms with E-state index < -0.39 is 5.97 Å². The lowest BCUT2D eigenvalue weighted by atomic mass is 10.3. The molecule has 12 heavy (non-hydrogen) atoms. The fraction of sp³-hybridized carbons (Fsp3) is 0.375. The maximum atomic E-state index is 11.1. The van der Waals surface area contributed by atoms with Gasteiger partial charge in [-0.25, -0.2) is 4.79 Å². The van der Waals surface area contributed by atoms with E-state index in [4.69, 9.17) is 20.8 Å². The van der Waals surface area contributed by atoms with Crippen molar-refractivity contribution >= 4 is 17.6 Å². The summed E-state index contributed by atoms with van der Waals surface area (Å²) in [6, 6.07) is 1.45. The Morgan fingerprint density at radius 3 is 2.83 bits per heavy atom. The number of hydrogen-bond acceptors (Lipinski definition) is 3. The zero-order valence-corrected chi connectivity index (χ0v) is 7.64. The number of halogens is 1. The molecule has 0 spiro atoms. The number of aryl methyl sites for hydroxylation is 1. The SMILES string of the molecule is CCOC(=O)c1cc(Cl)oc1C. The van der Waals surface area contributed by atoms with Crippen molar-refractivity contribution < 1.29 is 13.9 Å². The standard InChI is InChI=1S/C8H9ClO3/c1-3-11-8(10)6-4-7(9)12-5(6)2/h4H,3H2,1-2H3. The van der Waals surface area contributed by atoms with E-state index in [1.165, 1.54) is 6.07 Å². The van der Waals surface area contributed by atoms with E-state index in [1.807, 2.05) is 0 Å². The molecule has 1 rings (SSSR count). The van der Waals surface area contributed by atoms with E-state index in [1.54, 1.807) is 13.8 Å². The third-order valence-electron chi connectivity index (χ3n) is 1.38. The molecule has 0 aliphatic rings. The van der Waals surface area contributed by atoms with Gasteiger partial charge in [0.05, 0.1) is 6.61 Å². The van der Waals surface area contributed by atoms with Crippen molar-refractivity contribution in [3.05, 3.63) is 22.6 Å². The second kappa shape index (κ2) is 3.63. The zero-order chi connectivity index (χ0) is 9.14. The molecule has 4 heteroatoms. The first-order valence-electron chi connectivity index (χ1n) is 3.58. The van der Waals surface area contributed by atoms with Gasteiger partial charge >= 0.3 is 5.97 Å². The number of carbonyl (C=O) groups is 1. The van der Waals surface area contributed by atoms with E-state index >= 15 is 0 Å². The molecule has 0 radical (unpaired) electrons. The molecule has 1 heterocycles. The van der Waals surface area contributed by atoms with Crippen LogP contribution in [0.5, 0.6) is 0 Å². The largest absolute Gasteiger partial charge is 0.462 e. The van der Waals surface area contributed by atoms with E-state index in [0.29, 0.717) is 17.9 Å². The third kappa shape index (κ3) is 1.80. The molecule has 0 unspecified atom stereocenters. The van der Waals surface area contributed by atoms with Crippen LogP contribution in [0, 0.1) is 6.92 Å². The van der Waals surface area contributed by atoms with Gasteiger partial charge in [0.2, 0.25) is 0 Å². The Balaban J connectivity index is 2.87. The molecule has 0 aliphatic heterocycles. The summed E-state index contributed by atoms with van der Waals surface area (Å²) in [5.74, 6) is 0.0871. The molecular formula is C8H9ClO3. The van der Waals surface area contributed by atoms with Gasteiger partial charge in [0.15, 0.2) is 5.22 Å². The fourth-order valence-electron chi connectivity index (χ4n) is 0.857. The van der Waals surface area contributed by atoms with Crippen molar-refractivity contribution in [2.24, 2.45) is 0 Å². The number of hydrogen-bond donors (Lipinski definition) is 0. The molecule has 0 amide bonds. The van der Waals surface area contributed by atoms with E-state index in [2.05, 4.69) is 0 Å². The number of esters is 1. The van der Waals surface area contributed by atoms with E-state index in [-0.39, 0.29) is 5.22 Å². The molecule has 0 bridgehead atoms. The summed E-state index contributed by atoms with van der Waals surface area (Å²) in [5, 5.41) is 0.204. The summed E-state index contributed by atoms with van der Waals surface area (Å²) < 4.78 is 9.71. The van der Waals surface area contributed by atoms with Crippen LogP contribution in [0.1, 0.15) is 23.0 Å². The molecule has 3 nitrogen and oxygen atoms in total. The predicted octanol–water partition coefficient (Wildman–Crippen LogP) is 2.42. The van der Waals surface area contributed by atoms with Crippen molar-refractivity contribution in [2.45, 2.75) is 13.8 Å². The van der Waals surface area contributed by atoms with Gasteiger partial charge in [-0.2, -0.15) is 0 Å². The molecule has 0 N–H and O–H groups in total. The van der Waals surface area contributed by atoms with Gasteiger partial charge in [0.25, 0.3) is 0 Å². The lowest BCUT2D eigenvalue weighted by molar-refractivity contribution is 0.0524. The minimum absolute atomic E-state index is 0.204. The highest BCUT2D eigenvalue weighted by molar-refractivity contribution is 6.29. The minimum atomic E-state index is -0.398. The highest BCUT2D eigenvalue weighted by atomic mass is 35.5. The molecule has 0 atom stereocenters. The average molecular weight is 189 g/mol. The van der Waals surface area contributed by atoms with E-state index in [0.717, 1.165) is 0 Å². The van der Waals surface area contributed by atoms with Crippen LogP contribution in [0.3, 0.4) is 0 Å². The van der Waals surface area contributed by atoms with Crippen LogP contribution in [0.15, 0.2) is 10.5 Å². The molecule has 0 saturated heterocycles. The van der Waals surface area contributed by atoms with Crippen LogP contribution in [0.2, 0.25) is 5.22 Å².